The van der Waals surface area contributed by atoms with Crippen molar-refractivity contribution in [3.63, 3.8) is 0 Å². The predicted octanol–water partition coefficient (Wildman–Crippen LogP) is 3.33. The van der Waals surface area contributed by atoms with Crippen LogP contribution in [0.3, 0.4) is 0 Å². The van der Waals surface area contributed by atoms with Crippen LogP contribution in [0.15, 0.2) is 48.8 Å². The Kier molecular flexibility index (Phi) is 3.31. The van der Waals surface area contributed by atoms with Crippen LogP contribution in [0, 0.1) is 12.7 Å². The second kappa shape index (κ2) is 5.28. The number of benzene rings is 1. The standard InChI is InChI=1S/C16H12FN3O/c1-10-8-15(19-9-12(10)17)16(21)20-14-6-2-5-13-11(14)4-3-7-18-13/h2-9H,1H3,(H,20,21). The van der Waals surface area contributed by atoms with Gasteiger partial charge in [0.25, 0.3) is 5.91 Å². The quantitative estimate of drug-likeness (QED) is 0.784. The Balaban J connectivity index is 1.94. The minimum Gasteiger partial charge on any atom is -0.320 e. The molecule has 2 aromatic heterocycles. The molecule has 1 N–H and O–H groups in total. The molecule has 0 aliphatic rings. The number of hydrogen-bond acceptors (Lipinski definition) is 3. The zero-order valence-corrected chi connectivity index (χ0v) is 11.3. The third-order valence-electron chi connectivity index (χ3n) is 3.17. The van der Waals surface area contributed by atoms with E-state index >= 15 is 0 Å². The molecule has 5 heteroatoms. The number of rotatable bonds is 2. The number of carbonyl (C=O) groups excluding carboxylic acids is 1. The second-order valence-corrected chi connectivity index (χ2v) is 4.65. The molecule has 0 aliphatic heterocycles. The average molecular weight is 281 g/mol. The van der Waals surface area contributed by atoms with Crippen molar-refractivity contribution in [3.8, 4) is 0 Å². The van der Waals surface area contributed by atoms with E-state index in [-0.39, 0.29) is 11.6 Å². The van der Waals surface area contributed by atoms with E-state index in [2.05, 4.69) is 15.3 Å². The summed E-state index contributed by atoms with van der Waals surface area (Å²) in [6.45, 7) is 1.59. The molecule has 0 radical (unpaired) electrons. The molecule has 0 aliphatic carbocycles. The van der Waals surface area contributed by atoms with Crippen LogP contribution in [0.5, 0.6) is 0 Å². The van der Waals surface area contributed by atoms with Crippen LogP contribution >= 0.6 is 0 Å². The highest BCUT2D eigenvalue weighted by atomic mass is 19.1. The van der Waals surface area contributed by atoms with Crippen molar-refractivity contribution in [3.05, 3.63) is 65.9 Å². The fourth-order valence-corrected chi connectivity index (χ4v) is 2.06. The third kappa shape index (κ3) is 2.58. The van der Waals surface area contributed by atoms with Gasteiger partial charge >= 0.3 is 0 Å². The molecule has 0 unspecified atom stereocenters. The Bertz CT molecular complexity index is 827. The van der Waals surface area contributed by atoms with Crippen LogP contribution in [0.2, 0.25) is 0 Å². The van der Waals surface area contributed by atoms with Crippen LogP contribution in [-0.2, 0) is 0 Å². The highest BCUT2D eigenvalue weighted by Gasteiger charge is 2.11. The summed E-state index contributed by atoms with van der Waals surface area (Å²) in [7, 11) is 0. The van der Waals surface area contributed by atoms with Gasteiger partial charge in [-0.2, -0.15) is 0 Å². The molecule has 0 fully saturated rings. The first-order chi connectivity index (χ1) is 10.1. The molecule has 0 spiro atoms. The SMILES string of the molecule is Cc1cc(C(=O)Nc2cccc3ncccc23)ncc1F. The first-order valence-corrected chi connectivity index (χ1v) is 6.42. The van der Waals surface area contributed by atoms with Gasteiger partial charge in [0.15, 0.2) is 0 Å². The van der Waals surface area contributed by atoms with E-state index in [0.29, 0.717) is 11.3 Å². The van der Waals surface area contributed by atoms with Gasteiger partial charge < -0.3 is 5.32 Å². The minimum absolute atomic E-state index is 0.176. The lowest BCUT2D eigenvalue weighted by molar-refractivity contribution is 0.102. The summed E-state index contributed by atoms with van der Waals surface area (Å²) in [5.74, 6) is -0.810. The van der Waals surface area contributed by atoms with Crippen LogP contribution in [0.1, 0.15) is 16.1 Å². The first kappa shape index (κ1) is 13.2. The summed E-state index contributed by atoms with van der Waals surface area (Å²) in [6, 6.07) is 10.6. The topological polar surface area (TPSA) is 54.9 Å². The molecule has 1 aromatic carbocycles. The fraction of sp³-hybridized carbons (Fsp3) is 0.0625. The zero-order chi connectivity index (χ0) is 14.8. The summed E-state index contributed by atoms with van der Waals surface area (Å²) in [6.07, 6.45) is 2.74. The Morgan fingerprint density at radius 1 is 1.19 bits per heavy atom. The lowest BCUT2D eigenvalue weighted by Crippen LogP contribution is -2.14. The van der Waals surface area contributed by atoms with Crippen LogP contribution < -0.4 is 5.32 Å². The maximum absolute atomic E-state index is 13.2. The largest absolute Gasteiger partial charge is 0.320 e. The van der Waals surface area contributed by atoms with Gasteiger partial charge in [0.1, 0.15) is 11.5 Å². The van der Waals surface area contributed by atoms with E-state index in [1.54, 1.807) is 25.3 Å². The number of aromatic nitrogens is 2. The molecule has 0 saturated heterocycles. The van der Waals surface area contributed by atoms with E-state index < -0.39 is 5.82 Å². The molecule has 21 heavy (non-hydrogen) atoms. The van der Waals surface area contributed by atoms with Gasteiger partial charge in [-0.05, 0) is 42.8 Å². The predicted molar refractivity (Wildman–Crippen MR) is 78.6 cm³/mol. The number of aryl methyl sites for hydroxylation is 1. The van der Waals surface area contributed by atoms with E-state index in [9.17, 15) is 9.18 Å². The van der Waals surface area contributed by atoms with Crippen molar-refractivity contribution < 1.29 is 9.18 Å². The molecule has 4 nitrogen and oxygen atoms in total. The van der Waals surface area contributed by atoms with Crippen molar-refractivity contribution in [1.29, 1.82) is 0 Å². The molecule has 3 aromatic rings. The highest BCUT2D eigenvalue weighted by Crippen LogP contribution is 2.21. The summed E-state index contributed by atoms with van der Waals surface area (Å²) >= 11 is 0. The lowest BCUT2D eigenvalue weighted by atomic mass is 10.1. The van der Waals surface area contributed by atoms with Gasteiger partial charge in [0, 0.05) is 11.6 Å². The molecule has 3 rings (SSSR count). The monoisotopic (exact) mass is 281 g/mol. The number of nitrogens with one attached hydrogen (secondary N) is 1. The van der Waals surface area contributed by atoms with Crippen LogP contribution in [0.25, 0.3) is 10.9 Å². The van der Waals surface area contributed by atoms with Gasteiger partial charge in [-0.15, -0.1) is 0 Å². The van der Waals surface area contributed by atoms with Gasteiger partial charge in [-0.25, -0.2) is 9.37 Å². The van der Waals surface area contributed by atoms with Crippen molar-refractivity contribution >= 4 is 22.5 Å². The lowest BCUT2D eigenvalue weighted by Gasteiger charge is -2.08. The Morgan fingerprint density at radius 3 is 2.86 bits per heavy atom. The first-order valence-electron chi connectivity index (χ1n) is 6.42. The number of carbonyl (C=O) groups is 1. The molecule has 2 heterocycles. The molecule has 1 amide bonds. The van der Waals surface area contributed by atoms with E-state index in [0.717, 1.165) is 17.1 Å². The van der Waals surface area contributed by atoms with Crippen molar-refractivity contribution in [2.24, 2.45) is 0 Å². The van der Waals surface area contributed by atoms with E-state index in [1.807, 2.05) is 18.2 Å². The summed E-state index contributed by atoms with van der Waals surface area (Å²) in [5, 5.41) is 3.62. The van der Waals surface area contributed by atoms with Crippen molar-refractivity contribution in [2.45, 2.75) is 6.92 Å². The summed E-state index contributed by atoms with van der Waals surface area (Å²) < 4.78 is 13.2. The Morgan fingerprint density at radius 2 is 2.05 bits per heavy atom. The summed E-state index contributed by atoms with van der Waals surface area (Å²) in [4.78, 5) is 20.2. The number of anilines is 1. The number of amides is 1. The van der Waals surface area contributed by atoms with Gasteiger partial charge in [-0.1, -0.05) is 6.07 Å². The minimum atomic E-state index is -0.430. The Labute approximate surface area is 120 Å². The maximum Gasteiger partial charge on any atom is 0.274 e. The highest BCUT2D eigenvalue weighted by molar-refractivity contribution is 6.07. The van der Waals surface area contributed by atoms with Gasteiger partial charge in [0.2, 0.25) is 0 Å². The molecule has 0 saturated carbocycles. The average Bonchev–Trinajstić information content (AvgIpc) is 2.50. The number of nitrogens with zero attached hydrogens (tertiary/aromatic N) is 2. The van der Waals surface area contributed by atoms with Gasteiger partial charge in [0.05, 0.1) is 17.4 Å². The van der Waals surface area contributed by atoms with E-state index in [1.165, 1.54) is 6.07 Å². The van der Waals surface area contributed by atoms with Crippen LogP contribution in [0.4, 0.5) is 10.1 Å². The normalized spacial score (nSPS) is 10.6. The number of hydrogen-bond donors (Lipinski definition) is 1. The number of pyridine rings is 2. The number of halogens is 1. The van der Waals surface area contributed by atoms with Crippen molar-refractivity contribution in [2.75, 3.05) is 5.32 Å². The molecular weight excluding hydrogens is 269 g/mol. The maximum atomic E-state index is 13.2. The number of fused-ring (bicyclic) bond motifs is 1. The molecule has 0 atom stereocenters. The van der Waals surface area contributed by atoms with Crippen LogP contribution in [-0.4, -0.2) is 15.9 Å². The third-order valence-corrected chi connectivity index (χ3v) is 3.17. The van der Waals surface area contributed by atoms with Crippen molar-refractivity contribution in [1.82, 2.24) is 9.97 Å². The van der Waals surface area contributed by atoms with Gasteiger partial charge in [-0.3, -0.25) is 9.78 Å². The molecular formula is C16H12FN3O. The smallest absolute Gasteiger partial charge is 0.274 e. The van der Waals surface area contributed by atoms with E-state index in [4.69, 9.17) is 0 Å². The Hall–Kier alpha value is -2.82. The molecule has 104 valence electrons. The molecule has 0 bridgehead atoms. The second-order valence-electron chi connectivity index (χ2n) is 4.65. The zero-order valence-electron chi connectivity index (χ0n) is 11.3. The fourth-order valence-electron chi connectivity index (χ4n) is 2.06. The summed E-state index contributed by atoms with van der Waals surface area (Å²) in [5.41, 5.74) is 2.00.